The fourth-order valence-electron chi connectivity index (χ4n) is 2.25. The third-order valence-corrected chi connectivity index (χ3v) is 3.44. The van der Waals surface area contributed by atoms with Crippen molar-refractivity contribution in [3.8, 4) is 0 Å². The molecule has 0 aliphatic carbocycles. The highest BCUT2D eigenvalue weighted by Crippen LogP contribution is 2.16. The van der Waals surface area contributed by atoms with Crippen molar-refractivity contribution in [2.24, 2.45) is 5.92 Å². The molecule has 2 heteroatoms. The lowest BCUT2D eigenvalue weighted by Crippen LogP contribution is -2.34. The molecule has 17 heavy (non-hydrogen) atoms. The molecule has 0 bridgehead atoms. The van der Waals surface area contributed by atoms with Crippen LogP contribution in [-0.4, -0.2) is 36.2 Å². The molecule has 0 aromatic heterocycles. The van der Waals surface area contributed by atoms with Crippen molar-refractivity contribution in [2.75, 3.05) is 26.2 Å². The van der Waals surface area contributed by atoms with Crippen LogP contribution in [0.15, 0.2) is 36.4 Å². The predicted molar refractivity (Wildman–Crippen MR) is 71.7 cm³/mol. The summed E-state index contributed by atoms with van der Waals surface area (Å²) in [5.74, 6) is 0.532. The van der Waals surface area contributed by atoms with Gasteiger partial charge in [0.15, 0.2) is 0 Å². The van der Waals surface area contributed by atoms with Crippen LogP contribution < -0.4 is 0 Å². The zero-order valence-electron chi connectivity index (χ0n) is 10.3. The molecule has 1 N–H and O–H groups in total. The first-order valence-corrected chi connectivity index (χ1v) is 6.43. The molecule has 0 unspecified atom stereocenters. The number of aliphatic hydroxyl groups excluding tert-OH is 1. The summed E-state index contributed by atoms with van der Waals surface area (Å²) in [5, 5.41) is 9.07. The maximum Gasteiger partial charge on any atom is 0.0460 e. The Bertz CT molecular complexity index is 339. The van der Waals surface area contributed by atoms with Crippen LogP contribution in [-0.2, 0) is 0 Å². The summed E-state index contributed by atoms with van der Waals surface area (Å²) in [6, 6.07) is 10.4. The van der Waals surface area contributed by atoms with E-state index >= 15 is 0 Å². The van der Waals surface area contributed by atoms with E-state index in [1.165, 1.54) is 5.56 Å². The molecule has 1 heterocycles. The summed E-state index contributed by atoms with van der Waals surface area (Å²) >= 11 is 0. The Morgan fingerprint density at radius 3 is 2.53 bits per heavy atom. The van der Waals surface area contributed by atoms with Crippen LogP contribution in [0.4, 0.5) is 0 Å². The average Bonchev–Trinajstić information content (AvgIpc) is 2.41. The van der Waals surface area contributed by atoms with E-state index in [-0.39, 0.29) is 0 Å². The molecule has 0 saturated carbocycles. The first-order chi connectivity index (χ1) is 8.38. The molecule has 1 aromatic rings. The Kier molecular flexibility index (Phi) is 4.77. The largest absolute Gasteiger partial charge is 0.396 e. The number of benzene rings is 1. The van der Waals surface area contributed by atoms with Gasteiger partial charge in [0.2, 0.25) is 0 Å². The SMILES string of the molecule is OCC1CCN(C/C=C\c2ccccc2)CC1. The maximum atomic E-state index is 9.07. The lowest BCUT2D eigenvalue weighted by atomic mass is 9.98. The Labute approximate surface area is 104 Å². The highest BCUT2D eigenvalue weighted by Gasteiger charge is 2.16. The first kappa shape index (κ1) is 12.3. The lowest BCUT2D eigenvalue weighted by molar-refractivity contribution is 0.139. The number of likely N-dealkylation sites (tertiary alicyclic amines) is 1. The molecule has 2 nitrogen and oxygen atoms in total. The van der Waals surface area contributed by atoms with E-state index in [2.05, 4.69) is 41.3 Å². The molecule has 92 valence electrons. The highest BCUT2D eigenvalue weighted by molar-refractivity contribution is 5.48. The summed E-state index contributed by atoms with van der Waals surface area (Å²) < 4.78 is 0. The standard InChI is InChI=1S/C15H21NO/c17-13-15-8-11-16(12-9-15)10-4-7-14-5-2-1-3-6-14/h1-7,15,17H,8-13H2/b7-4-. The van der Waals surface area contributed by atoms with Gasteiger partial charge in [-0.15, -0.1) is 0 Å². The molecular formula is C15H21NO. The number of hydrogen-bond acceptors (Lipinski definition) is 2. The van der Waals surface area contributed by atoms with E-state index in [9.17, 15) is 0 Å². The normalized spacial score (nSPS) is 18.9. The van der Waals surface area contributed by atoms with Gasteiger partial charge in [-0.1, -0.05) is 42.5 Å². The number of piperidine rings is 1. The minimum atomic E-state index is 0.355. The number of nitrogens with zero attached hydrogens (tertiary/aromatic N) is 1. The van der Waals surface area contributed by atoms with Crippen molar-refractivity contribution in [2.45, 2.75) is 12.8 Å². The van der Waals surface area contributed by atoms with Crippen molar-refractivity contribution in [1.82, 2.24) is 4.90 Å². The molecule has 2 rings (SSSR count). The van der Waals surface area contributed by atoms with Crippen molar-refractivity contribution >= 4 is 6.08 Å². The Morgan fingerprint density at radius 1 is 1.18 bits per heavy atom. The fraction of sp³-hybridized carbons (Fsp3) is 0.467. The molecule has 1 aliphatic rings. The minimum absolute atomic E-state index is 0.355. The van der Waals surface area contributed by atoms with Gasteiger partial charge in [0.25, 0.3) is 0 Å². The summed E-state index contributed by atoms with van der Waals surface area (Å²) in [6.45, 7) is 3.61. The molecule has 0 amide bonds. The van der Waals surface area contributed by atoms with Crippen LogP contribution in [0.1, 0.15) is 18.4 Å². The van der Waals surface area contributed by atoms with Gasteiger partial charge in [-0.25, -0.2) is 0 Å². The van der Waals surface area contributed by atoms with Crippen molar-refractivity contribution in [1.29, 1.82) is 0 Å². The summed E-state index contributed by atoms with van der Waals surface area (Å²) in [7, 11) is 0. The van der Waals surface area contributed by atoms with Gasteiger partial charge < -0.3 is 5.11 Å². The van der Waals surface area contributed by atoms with Crippen LogP contribution in [0, 0.1) is 5.92 Å². The third kappa shape index (κ3) is 3.99. The van der Waals surface area contributed by atoms with E-state index in [4.69, 9.17) is 5.11 Å². The van der Waals surface area contributed by atoms with Gasteiger partial charge in [0.05, 0.1) is 0 Å². The summed E-state index contributed by atoms with van der Waals surface area (Å²) in [6.07, 6.45) is 6.68. The van der Waals surface area contributed by atoms with Gasteiger partial charge in [0, 0.05) is 13.2 Å². The second-order valence-corrected chi connectivity index (χ2v) is 4.74. The van der Waals surface area contributed by atoms with Crippen LogP contribution >= 0.6 is 0 Å². The van der Waals surface area contributed by atoms with E-state index in [1.807, 2.05) is 6.07 Å². The molecule has 0 atom stereocenters. The molecule has 0 radical (unpaired) electrons. The molecule has 1 aromatic carbocycles. The summed E-state index contributed by atoms with van der Waals surface area (Å²) in [4.78, 5) is 2.45. The van der Waals surface area contributed by atoms with E-state index in [0.29, 0.717) is 12.5 Å². The van der Waals surface area contributed by atoms with E-state index in [0.717, 1.165) is 32.5 Å². The van der Waals surface area contributed by atoms with Gasteiger partial charge in [0.1, 0.15) is 0 Å². The highest BCUT2D eigenvalue weighted by atomic mass is 16.3. The second kappa shape index (κ2) is 6.58. The first-order valence-electron chi connectivity index (χ1n) is 6.43. The molecule has 1 saturated heterocycles. The Hall–Kier alpha value is -1.12. The zero-order valence-corrected chi connectivity index (χ0v) is 10.3. The Morgan fingerprint density at radius 2 is 1.88 bits per heavy atom. The third-order valence-electron chi connectivity index (χ3n) is 3.44. The van der Waals surface area contributed by atoms with Crippen molar-refractivity contribution < 1.29 is 5.11 Å². The molecule has 1 fully saturated rings. The maximum absolute atomic E-state index is 9.07. The lowest BCUT2D eigenvalue weighted by Gasteiger charge is -2.30. The monoisotopic (exact) mass is 231 g/mol. The van der Waals surface area contributed by atoms with E-state index < -0.39 is 0 Å². The number of rotatable bonds is 4. The summed E-state index contributed by atoms with van der Waals surface area (Å²) in [5.41, 5.74) is 1.26. The second-order valence-electron chi connectivity index (χ2n) is 4.74. The van der Waals surface area contributed by atoms with Crippen molar-refractivity contribution in [3.05, 3.63) is 42.0 Å². The topological polar surface area (TPSA) is 23.5 Å². The van der Waals surface area contributed by atoms with Crippen LogP contribution in [0.25, 0.3) is 6.08 Å². The van der Waals surface area contributed by atoms with Crippen LogP contribution in [0.2, 0.25) is 0 Å². The Balaban J connectivity index is 1.74. The zero-order chi connectivity index (χ0) is 11.9. The molecular weight excluding hydrogens is 210 g/mol. The van der Waals surface area contributed by atoms with Crippen LogP contribution in [0.3, 0.4) is 0 Å². The quantitative estimate of drug-likeness (QED) is 0.860. The molecule has 1 aliphatic heterocycles. The van der Waals surface area contributed by atoms with E-state index in [1.54, 1.807) is 0 Å². The van der Waals surface area contributed by atoms with Crippen LogP contribution in [0.5, 0.6) is 0 Å². The van der Waals surface area contributed by atoms with Gasteiger partial charge >= 0.3 is 0 Å². The van der Waals surface area contributed by atoms with Gasteiger partial charge in [-0.05, 0) is 37.4 Å². The van der Waals surface area contributed by atoms with Gasteiger partial charge in [-0.2, -0.15) is 0 Å². The average molecular weight is 231 g/mol. The minimum Gasteiger partial charge on any atom is -0.396 e. The fourth-order valence-corrected chi connectivity index (χ4v) is 2.25. The predicted octanol–water partition coefficient (Wildman–Crippen LogP) is 2.40. The molecule has 0 spiro atoms. The smallest absolute Gasteiger partial charge is 0.0460 e. The number of aliphatic hydroxyl groups is 1. The van der Waals surface area contributed by atoms with Crippen molar-refractivity contribution in [3.63, 3.8) is 0 Å². The van der Waals surface area contributed by atoms with Gasteiger partial charge in [-0.3, -0.25) is 4.90 Å². The number of hydrogen-bond donors (Lipinski definition) is 1.